The zero-order valence-electron chi connectivity index (χ0n) is 10.8. The summed E-state index contributed by atoms with van der Waals surface area (Å²) in [6.45, 7) is 2.22. The van der Waals surface area contributed by atoms with E-state index in [2.05, 4.69) is 12.2 Å². The molecule has 19 heavy (non-hydrogen) atoms. The lowest BCUT2D eigenvalue weighted by Crippen LogP contribution is -2.37. The van der Waals surface area contributed by atoms with E-state index >= 15 is 0 Å². The molecular weight excluding hydrogens is 284 g/mol. The number of nitrogens with two attached hydrogens (primary N) is 1. The van der Waals surface area contributed by atoms with E-state index < -0.39 is 10.0 Å². The van der Waals surface area contributed by atoms with Crippen molar-refractivity contribution >= 4 is 27.3 Å². The molecule has 2 rings (SSSR count). The summed E-state index contributed by atoms with van der Waals surface area (Å²) in [5.41, 5.74) is 0.368. The Kier molecular flexibility index (Phi) is 4.27. The lowest BCUT2D eigenvalue weighted by Gasteiger charge is -2.26. The first-order chi connectivity index (χ1) is 8.86. The number of carbonyl (C=O) groups excluding carboxylic acids is 1. The summed E-state index contributed by atoms with van der Waals surface area (Å²) in [4.78, 5) is 12.0. The van der Waals surface area contributed by atoms with E-state index in [0.717, 1.165) is 42.9 Å². The minimum Gasteiger partial charge on any atom is -0.349 e. The number of amides is 1. The molecule has 3 N–H and O–H groups in total. The predicted molar refractivity (Wildman–Crippen MR) is 74.6 cm³/mol. The second-order valence-corrected chi connectivity index (χ2v) is 7.83. The van der Waals surface area contributed by atoms with Gasteiger partial charge in [-0.15, -0.1) is 11.3 Å². The predicted octanol–water partition coefficient (Wildman–Crippen LogP) is 1.70. The minimum absolute atomic E-state index is 0.0231. The third-order valence-corrected chi connectivity index (χ3v) is 5.86. The lowest BCUT2D eigenvalue weighted by molar-refractivity contribution is 0.0923. The first-order valence-electron chi connectivity index (χ1n) is 6.28. The molecule has 0 atom stereocenters. The Morgan fingerprint density at radius 2 is 2.00 bits per heavy atom. The molecule has 1 aliphatic rings. The van der Waals surface area contributed by atoms with Crippen LogP contribution in [0.4, 0.5) is 0 Å². The van der Waals surface area contributed by atoms with Crippen LogP contribution in [0.3, 0.4) is 0 Å². The molecule has 0 aliphatic heterocycles. The van der Waals surface area contributed by atoms with Crippen LogP contribution in [0.2, 0.25) is 0 Å². The smallest absolute Gasteiger partial charge is 0.252 e. The van der Waals surface area contributed by atoms with E-state index in [4.69, 9.17) is 5.14 Å². The minimum atomic E-state index is -3.72. The SMILES string of the molecule is CC1CCC(NC(=O)c2csc(S(N)(=O)=O)c2)CC1. The molecule has 0 saturated heterocycles. The van der Waals surface area contributed by atoms with Gasteiger partial charge >= 0.3 is 0 Å². The maximum Gasteiger partial charge on any atom is 0.252 e. The fraction of sp³-hybridized carbons (Fsp3) is 0.583. The van der Waals surface area contributed by atoms with E-state index in [9.17, 15) is 13.2 Å². The molecule has 1 saturated carbocycles. The molecule has 1 aromatic rings. The van der Waals surface area contributed by atoms with Crippen LogP contribution in [0.25, 0.3) is 0 Å². The van der Waals surface area contributed by atoms with Crippen molar-refractivity contribution < 1.29 is 13.2 Å². The Bertz CT molecular complexity index is 557. The number of primary sulfonamides is 1. The number of thiophene rings is 1. The molecule has 1 heterocycles. The van der Waals surface area contributed by atoms with Gasteiger partial charge in [-0.2, -0.15) is 0 Å². The van der Waals surface area contributed by atoms with E-state index in [1.54, 1.807) is 0 Å². The lowest BCUT2D eigenvalue weighted by atomic mass is 9.87. The molecule has 5 nitrogen and oxygen atoms in total. The normalized spacial score (nSPS) is 24.1. The average molecular weight is 302 g/mol. The topological polar surface area (TPSA) is 89.3 Å². The zero-order valence-corrected chi connectivity index (χ0v) is 12.4. The highest BCUT2D eigenvalue weighted by Crippen LogP contribution is 2.24. The highest BCUT2D eigenvalue weighted by atomic mass is 32.2. The third kappa shape index (κ3) is 3.77. The van der Waals surface area contributed by atoms with Crippen LogP contribution in [0, 0.1) is 5.92 Å². The van der Waals surface area contributed by atoms with Gasteiger partial charge in [-0.3, -0.25) is 4.79 Å². The molecule has 0 bridgehead atoms. The van der Waals surface area contributed by atoms with Crippen molar-refractivity contribution in [2.75, 3.05) is 0 Å². The molecule has 1 aliphatic carbocycles. The standard InChI is InChI=1S/C12H18N2O3S2/c1-8-2-4-10(5-3-8)14-12(15)9-6-11(18-7-9)19(13,16)17/h6-8,10H,2-5H2,1H3,(H,14,15)(H2,13,16,17). The van der Waals surface area contributed by atoms with Crippen molar-refractivity contribution in [1.82, 2.24) is 5.32 Å². The van der Waals surface area contributed by atoms with Gasteiger partial charge in [-0.05, 0) is 37.7 Å². The Morgan fingerprint density at radius 1 is 1.37 bits per heavy atom. The highest BCUT2D eigenvalue weighted by Gasteiger charge is 2.21. The second kappa shape index (κ2) is 5.60. The van der Waals surface area contributed by atoms with Crippen LogP contribution in [-0.2, 0) is 10.0 Å². The molecule has 0 unspecified atom stereocenters. The molecule has 0 spiro atoms. The van der Waals surface area contributed by atoms with Gasteiger partial charge in [-0.25, -0.2) is 13.6 Å². The summed E-state index contributed by atoms with van der Waals surface area (Å²) in [6, 6.07) is 1.53. The molecular formula is C12H18N2O3S2. The van der Waals surface area contributed by atoms with Gasteiger partial charge in [0, 0.05) is 11.4 Å². The van der Waals surface area contributed by atoms with Gasteiger partial charge in [0.15, 0.2) is 0 Å². The number of hydrogen-bond acceptors (Lipinski definition) is 4. The maximum absolute atomic E-state index is 12.0. The first kappa shape index (κ1) is 14.5. The molecule has 106 valence electrons. The molecule has 1 fully saturated rings. The fourth-order valence-corrected chi connectivity index (χ4v) is 3.84. The maximum atomic E-state index is 12.0. The number of rotatable bonds is 3. The van der Waals surface area contributed by atoms with E-state index in [1.807, 2.05) is 0 Å². The van der Waals surface area contributed by atoms with Crippen molar-refractivity contribution in [3.8, 4) is 0 Å². The average Bonchev–Trinajstić information content (AvgIpc) is 2.81. The molecule has 0 radical (unpaired) electrons. The Morgan fingerprint density at radius 3 is 2.53 bits per heavy atom. The first-order valence-corrected chi connectivity index (χ1v) is 8.71. The number of nitrogens with one attached hydrogen (secondary N) is 1. The Hall–Kier alpha value is -0.920. The number of sulfonamides is 1. The molecule has 1 aromatic heterocycles. The zero-order chi connectivity index (χ0) is 14.0. The summed E-state index contributed by atoms with van der Waals surface area (Å²) in [5.74, 6) is 0.508. The molecule has 1 amide bonds. The van der Waals surface area contributed by atoms with Crippen LogP contribution in [0.5, 0.6) is 0 Å². The highest BCUT2D eigenvalue weighted by molar-refractivity contribution is 7.91. The van der Waals surface area contributed by atoms with Gasteiger partial charge in [0.05, 0.1) is 5.56 Å². The summed E-state index contributed by atoms with van der Waals surface area (Å²) >= 11 is 0.973. The summed E-state index contributed by atoms with van der Waals surface area (Å²) in [5, 5.41) is 9.50. The van der Waals surface area contributed by atoms with Gasteiger partial charge < -0.3 is 5.32 Å². The third-order valence-electron chi connectivity index (χ3n) is 3.47. The van der Waals surface area contributed by atoms with Crippen molar-refractivity contribution in [2.45, 2.75) is 42.9 Å². The van der Waals surface area contributed by atoms with Crippen LogP contribution in [0.1, 0.15) is 43.0 Å². The van der Waals surface area contributed by atoms with E-state index in [0.29, 0.717) is 5.56 Å². The van der Waals surface area contributed by atoms with E-state index in [1.165, 1.54) is 11.4 Å². The second-order valence-electron chi connectivity index (χ2n) is 5.13. The summed E-state index contributed by atoms with van der Waals surface area (Å²) < 4.78 is 22.3. The monoisotopic (exact) mass is 302 g/mol. The van der Waals surface area contributed by atoms with Gasteiger partial charge in [-0.1, -0.05) is 6.92 Å². The molecule has 7 heteroatoms. The van der Waals surface area contributed by atoms with Crippen LogP contribution in [0.15, 0.2) is 15.7 Å². The van der Waals surface area contributed by atoms with Crippen LogP contribution >= 0.6 is 11.3 Å². The fourth-order valence-electron chi connectivity index (χ4n) is 2.26. The summed E-state index contributed by atoms with van der Waals surface area (Å²) in [7, 11) is -3.72. The summed E-state index contributed by atoms with van der Waals surface area (Å²) in [6.07, 6.45) is 4.21. The number of carbonyl (C=O) groups is 1. The van der Waals surface area contributed by atoms with Gasteiger partial charge in [0.1, 0.15) is 4.21 Å². The van der Waals surface area contributed by atoms with Gasteiger partial charge in [0.25, 0.3) is 5.91 Å². The van der Waals surface area contributed by atoms with Gasteiger partial charge in [0.2, 0.25) is 10.0 Å². The van der Waals surface area contributed by atoms with Crippen LogP contribution < -0.4 is 10.5 Å². The van der Waals surface area contributed by atoms with E-state index in [-0.39, 0.29) is 16.2 Å². The largest absolute Gasteiger partial charge is 0.349 e. The van der Waals surface area contributed by atoms with Crippen molar-refractivity contribution in [3.63, 3.8) is 0 Å². The van der Waals surface area contributed by atoms with Crippen molar-refractivity contribution in [2.24, 2.45) is 11.1 Å². The van der Waals surface area contributed by atoms with Crippen molar-refractivity contribution in [1.29, 1.82) is 0 Å². The Balaban J connectivity index is 1.99. The van der Waals surface area contributed by atoms with Crippen LogP contribution in [-0.4, -0.2) is 20.4 Å². The quantitative estimate of drug-likeness (QED) is 0.890. The number of hydrogen-bond donors (Lipinski definition) is 2. The van der Waals surface area contributed by atoms with Crippen molar-refractivity contribution in [3.05, 3.63) is 17.0 Å². The molecule has 0 aromatic carbocycles. The Labute approximate surface area is 117 Å².